The summed E-state index contributed by atoms with van der Waals surface area (Å²) >= 11 is 0. The summed E-state index contributed by atoms with van der Waals surface area (Å²) in [5.74, 6) is 0.129. The van der Waals surface area contributed by atoms with Crippen molar-refractivity contribution in [2.45, 2.75) is 5.92 Å². The van der Waals surface area contributed by atoms with Gasteiger partial charge in [0.05, 0.1) is 12.9 Å². The summed E-state index contributed by atoms with van der Waals surface area (Å²) < 4.78 is 5.33. The van der Waals surface area contributed by atoms with Crippen LogP contribution in [-0.4, -0.2) is 25.3 Å². The lowest BCUT2D eigenvalue weighted by Gasteiger charge is -2.13. The zero-order valence-corrected chi connectivity index (χ0v) is 8.73. The molecule has 0 saturated heterocycles. The van der Waals surface area contributed by atoms with Crippen LogP contribution in [0, 0.1) is 0 Å². The number of furan rings is 1. The van der Waals surface area contributed by atoms with Crippen molar-refractivity contribution in [3.05, 3.63) is 36.1 Å². The average Bonchev–Trinajstić information content (AvgIpc) is 2.72. The van der Waals surface area contributed by atoms with E-state index in [2.05, 4.69) is 5.32 Å². The number of aliphatic hydroxyl groups is 1. The summed E-state index contributed by atoms with van der Waals surface area (Å²) in [5, 5.41) is 13.4. The molecule has 1 unspecified atom stereocenters. The number of rotatable bonds is 4. The maximum Gasteiger partial charge on any atom is 0.134 e. The molecule has 1 aromatic heterocycles. The summed E-state index contributed by atoms with van der Waals surface area (Å²) in [4.78, 5) is 0. The van der Waals surface area contributed by atoms with Gasteiger partial charge >= 0.3 is 0 Å². The summed E-state index contributed by atoms with van der Waals surface area (Å²) in [6, 6.07) is 7.99. The third-order valence-corrected chi connectivity index (χ3v) is 2.62. The molecule has 2 aromatic rings. The first-order valence-corrected chi connectivity index (χ1v) is 5.07. The Morgan fingerprint density at radius 2 is 2.27 bits per heavy atom. The molecule has 0 fully saturated rings. The fraction of sp³-hybridized carbons (Fsp3) is 0.333. The third-order valence-electron chi connectivity index (χ3n) is 2.62. The Hall–Kier alpha value is -1.32. The molecule has 1 heterocycles. The van der Waals surface area contributed by atoms with E-state index in [1.54, 1.807) is 6.26 Å². The van der Waals surface area contributed by atoms with Gasteiger partial charge in [0.2, 0.25) is 0 Å². The fourth-order valence-corrected chi connectivity index (χ4v) is 1.76. The van der Waals surface area contributed by atoms with E-state index < -0.39 is 0 Å². The van der Waals surface area contributed by atoms with Crippen LogP contribution in [0.3, 0.4) is 0 Å². The van der Waals surface area contributed by atoms with Crippen molar-refractivity contribution < 1.29 is 9.52 Å². The largest absolute Gasteiger partial charge is 0.464 e. The van der Waals surface area contributed by atoms with Gasteiger partial charge in [-0.3, -0.25) is 0 Å². The number of aliphatic hydroxyl groups excluding tert-OH is 1. The van der Waals surface area contributed by atoms with Crippen LogP contribution >= 0.6 is 0 Å². The second kappa shape index (κ2) is 4.47. The van der Waals surface area contributed by atoms with Crippen molar-refractivity contribution in [1.82, 2.24) is 5.32 Å². The van der Waals surface area contributed by atoms with Gasteiger partial charge in [0.25, 0.3) is 0 Å². The number of nitrogens with one attached hydrogen (secondary N) is 1. The predicted octanol–water partition coefficient (Wildman–Crippen LogP) is 1.73. The summed E-state index contributed by atoms with van der Waals surface area (Å²) in [7, 11) is 1.88. The Labute approximate surface area is 88.7 Å². The highest BCUT2D eigenvalue weighted by atomic mass is 16.3. The number of fused-ring (bicyclic) bond motifs is 1. The van der Waals surface area contributed by atoms with Crippen LogP contribution in [-0.2, 0) is 0 Å². The van der Waals surface area contributed by atoms with Gasteiger partial charge in [-0.1, -0.05) is 12.1 Å². The van der Waals surface area contributed by atoms with Gasteiger partial charge in [0.1, 0.15) is 5.58 Å². The molecule has 1 atom stereocenters. The van der Waals surface area contributed by atoms with Crippen LogP contribution in [0.25, 0.3) is 11.0 Å². The lowest BCUT2D eigenvalue weighted by atomic mass is 9.99. The molecule has 0 aliphatic rings. The molecule has 0 bridgehead atoms. The first kappa shape index (κ1) is 10.2. The molecule has 0 spiro atoms. The monoisotopic (exact) mass is 205 g/mol. The number of hydrogen-bond donors (Lipinski definition) is 2. The zero-order valence-electron chi connectivity index (χ0n) is 8.73. The van der Waals surface area contributed by atoms with Crippen LogP contribution < -0.4 is 5.32 Å². The molecule has 3 nitrogen and oxygen atoms in total. The number of benzene rings is 1. The van der Waals surface area contributed by atoms with E-state index in [1.165, 1.54) is 0 Å². The number of likely N-dealkylation sites (N-methyl/N-ethyl adjacent to an activating group) is 1. The normalized spacial score (nSPS) is 13.2. The molecule has 2 rings (SSSR count). The Balaban J connectivity index is 2.33. The van der Waals surface area contributed by atoms with Crippen molar-refractivity contribution in [3.8, 4) is 0 Å². The molecule has 0 aliphatic heterocycles. The summed E-state index contributed by atoms with van der Waals surface area (Å²) in [6.07, 6.45) is 1.68. The molecule has 15 heavy (non-hydrogen) atoms. The van der Waals surface area contributed by atoms with Gasteiger partial charge in [-0.15, -0.1) is 0 Å². The highest BCUT2D eigenvalue weighted by Crippen LogP contribution is 2.22. The average molecular weight is 205 g/mol. The van der Waals surface area contributed by atoms with E-state index in [9.17, 15) is 5.11 Å². The minimum absolute atomic E-state index is 0.129. The van der Waals surface area contributed by atoms with E-state index in [0.29, 0.717) is 0 Å². The number of hydrogen-bond acceptors (Lipinski definition) is 3. The first-order chi connectivity index (χ1) is 7.35. The topological polar surface area (TPSA) is 45.4 Å². The summed E-state index contributed by atoms with van der Waals surface area (Å²) in [5.41, 5.74) is 1.98. The molecule has 0 amide bonds. The van der Waals surface area contributed by atoms with Crippen molar-refractivity contribution in [1.29, 1.82) is 0 Å². The van der Waals surface area contributed by atoms with Crippen molar-refractivity contribution in [2.24, 2.45) is 0 Å². The SMILES string of the molecule is CNCC(CO)c1ccc2ccoc2c1. The Morgan fingerprint density at radius 1 is 1.40 bits per heavy atom. The minimum atomic E-state index is 0.129. The maximum atomic E-state index is 9.26. The van der Waals surface area contributed by atoms with Crippen molar-refractivity contribution >= 4 is 11.0 Å². The molecular formula is C12H15NO2. The van der Waals surface area contributed by atoms with Gasteiger partial charge in [-0.05, 0) is 24.7 Å². The first-order valence-electron chi connectivity index (χ1n) is 5.07. The molecule has 80 valence electrons. The van der Waals surface area contributed by atoms with E-state index >= 15 is 0 Å². The Kier molecular flexibility index (Phi) is 3.04. The Morgan fingerprint density at radius 3 is 3.00 bits per heavy atom. The molecule has 1 aromatic carbocycles. The van der Waals surface area contributed by atoms with Crippen molar-refractivity contribution in [3.63, 3.8) is 0 Å². The van der Waals surface area contributed by atoms with Gasteiger partial charge in [0, 0.05) is 17.8 Å². The zero-order chi connectivity index (χ0) is 10.7. The second-order valence-corrected chi connectivity index (χ2v) is 3.66. The van der Waals surface area contributed by atoms with Crippen LogP contribution in [0.5, 0.6) is 0 Å². The third kappa shape index (κ3) is 2.03. The van der Waals surface area contributed by atoms with E-state index in [-0.39, 0.29) is 12.5 Å². The highest BCUT2D eigenvalue weighted by Gasteiger charge is 2.10. The fourth-order valence-electron chi connectivity index (χ4n) is 1.76. The molecule has 0 saturated carbocycles. The maximum absolute atomic E-state index is 9.26. The lowest BCUT2D eigenvalue weighted by molar-refractivity contribution is 0.263. The van der Waals surface area contributed by atoms with Crippen LogP contribution in [0.2, 0.25) is 0 Å². The van der Waals surface area contributed by atoms with Gasteiger partial charge < -0.3 is 14.8 Å². The van der Waals surface area contributed by atoms with E-state index in [4.69, 9.17) is 4.42 Å². The minimum Gasteiger partial charge on any atom is -0.464 e. The van der Waals surface area contributed by atoms with Gasteiger partial charge in [0.15, 0.2) is 0 Å². The molecule has 2 N–H and O–H groups in total. The smallest absolute Gasteiger partial charge is 0.134 e. The quantitative estimate of drug-likeness (QED) is 0.799. The van der Waals surface area contributed by atoms with Gasteiger partial charge in [-0.2, -0.15) is 0 Å². The van der Waals surface area contributed by atoms with Crippen molar-refractivity contribution in [2.75, 3.05) is 20.2 Å². The standard InChI is InChI=1S/C12H15NO2/c1-13-7-11(8-14)10-3-2-9-4-5-15-12(9)6-10/h2-6,11,13-14H,7-8H2,1H3. The Bertz CT molecular complexity index is 436. The van der Waals surface area contributed by atoms with Crippen LogP contribution in [0.1, 0.15) is 11.5 Å². The van der Waals surface area contributed by atoms with Crippen LogP contribution in [0.15, 0.2) is 34.9 Å². The molecule has 0 radical (unpaired) electrons. The molecule has 0 aliphatic carbocycles. The predicted molar refractivity (Wildman–Crippen MR) is 60.0 cm³/mol. The molecule has 3 heteroatoms. The van der Waals surface area contributed by atoms with Crippen LogP contribution in [0.4, 0.5) is 0 Å². The summed E-state index contributed by atoms with van der Waals surface area (Å²) in [6.45, 7) is 0.912. The van der Waals surface area contributed by atoms with Gasteiger partial charge in [-0.25, -0.2) is 0 Å². The second-order valence-electron chi connectivity index (χ2n) is 3.66. The highest BCUT2D eigenvalue weighted by molar-refractivity contribution is 5.77. The van der Waals surface area contributed by atoms with E-state index in [1.807, 2.05) is 31.3 Å². The molecular weight excluding hydrogens is 190 g/mol. The van der Waals surface area contributed by atoms with E-state index in [0.717, 1.165) is 23.1 Å². The lowest BCUT2D eigenvalue weighted by Crippen LogP contribution is -2.19.